The standard InChI is InChI=1S/C39H23NO/c1-3-11-25(12-4-1)35-36-30-18-9-15-24-16-10-19-31(34(24)30)37(36)38(26-13-5-2-6-14-26)40-39(35)27-21-22-29-28-17-7-8-20-32(28)41-33(29)23-27/h1-23H. The molecule has 0 N–H and O–H groups in total. The molecule has 41 heavy (non-hydrogen) atoms. The quantitative estimate of drug-likeness (QED) is 0.231. The Kier molecular flexibility index (Phi) is 4.64. The van der Waals surface area contributed by atoms with E-state index in [1.165, 1.54) is 33.0 Å². The molecule has 9 rings (SSSR count). The fraction of sp³-hybridized carbons (Fsp3) is 0. The zero-order valence-corrected chi connectivity index (χ0v) is 22.1. The van der Waals surface area contributed by atoms with Crippen molar-refractivity contribution < 1.29 is 4.42 Å². The van der Waals surface area contributed by atoms with Gasteiger partial charge >= 0.3 is 0 Å². The number of hydrogen-bond acceptors (Lipinski definition) is 2. The van der Waals surface area contributed by atoms with E-state index in [4.69, 9.17) is 9.40 Å². The highest BCUT2D eigenvalue weighted by Gasteiger charge is 2.31. The summed E-state index contributed by atoms with van der Waals surface area (Å²) in [6.07, 6.45) is 0. The van der Waals surface area contributed by atoms with Gasteiger partial charge in [0, 0.05) is 38.6 Å². The van der Waals surface area contributed by atoms with Crippen LogP contribution in [0.15, 0.2) is 144 Å². The normalized spacial score (nSPS) is 11.9. The Bertz CT molecular complexity index is 2290. The lowest BCUT2D eigenvalue weighted by molar-refractivity contribution is 0.669. The van der Waals surface area contributed by atoms with Gasteiger partial charge in [0.25, 0.3) is 0 Å². The summed E-state index contributed by atoms with van der Waals surface area (Å²) in [7, 11) is 0. The van der Waals surface area contributed by atoms with Gasteiger partial charge in [0.15, 0.2) is 0 Å². The molecule has 0 radical (unpaired) electrons. The molecule has 1 aliphatic rings. The van der Waals surface area contributed by atoms with Crippen LogP contribution in [0, 0.1) is 0 Å². The minimum atomic E-state index is 0.872. The van der Waals surface area contributed by atoms with Gasteiger partial charge in [-0.25, -0.2) is 4.98 Å². The van der Waals surface area contributed by atoms with Gasteiger partial charge in [0.1, 0.15) is 11.2 Å². The number of fused-ring (bicyclic) bond motifs is 6. The largest absolute Gasteiger partial charge is 0.456 e. The van der Waals surface area contributed by atoms with Gasteiger partial charge in [0.05, 0.1) is 11.4 Å². The maximum atomic E-state index is 6.34. The monoisotopic (exact) mass is 521 g/mol. The molecule has 0 unspecified atom stereocenters. The van der Waals surface area contributed by atoms with Crippen molar-refractivity contribution in [2.75, 3.05) is 0 Å². The summed E-state index contributed by atoms with van der Waals surface area (Å²) in [5.41, 5.74) is 13.1. The molecule has 0 saturated carbocycles. The summed E-state index contributed by atoms with van der Waals surface area (Å²) in [6.45, 7) is 0. The lowest BCUT2D eigenvalue weighted by atomic mass is 9.87. The Balaban J connectivity index is 1.45. The molecule has 0 atom stereocenters. The number of rotatable bonds is 3. The summed E-state index contributed by atoms with van der Waals surface area (Å²) in [5.74, 6) is 0. The topological polar surface area (TPSA) is 26.0 Å². The van der Waals surface area contributed by atoms with Crippen LogP contribution >= 0.6 is 0 Å². The van der Waals surface area contributed by atoms with E-state index in [0.717, 1.165) is 55.6 Å². The fourth-order valence-electron chi connectivity index (χ4n) is 6.65. The summed E-state index contributed by atoms with van der Waals surface area (Å²) in [6, 6.07) is 49.3. The molecule has 0 bridgehead atoms. The molecule has 2 aromatic heterocycles. The first kappa shape index (κ1) is 22.4. The van der Waals surface area contributed by atoms with E-state index in [0.29, 0.717) is 0 Å². The molecule has 190 valence electrons. The number of nitrogens with zero attached hydrogens (tertiary/aromatic N) is 1. The Morgan fingerprint density at radius 2 is 1.05 bits per heavy atom. The highest BCUT2D eigenvalue weighted by Crippen LogP contribution is 2.56. The number of furan rings is 1. The van der Waals surface area contributed by atoms with Crippen molar-refractivity contribution in [1.29, 1.82) is 0 Å². The van der Waals surface area contributed by atoms with Gasteiger partial charge in [-0.2, -0.15) is 0 Å². The molecule has 2 heterocycles. The Hall–Kier alpha value is -5.47. The molecule has 0 aliphatic heterocycles. The molecule has 1 aliphatic carbocycles. The highest BCUT2D eigenvalue weighted by molar-refractivity contribution is 6.22. The molecule has 0 spiro atoms. The fourth-order valence-corrected chi connectivity index (χ4v) is 6.65. The van der Waals surface area contributed by atoms with Gasteiger partial charge < -0.3 is 4.42 Å². The smallest absolute Gasteiger partial charge is 0.136 e. The van der Waals surface area contributed by atoms with Crippen LogP contribution in [0.5, 0.6) is 0 Å². The molecule has 2 heteroatoms. The third-order valence-corrected chi connectivity index (χ3v) is 8.40. The second kappa shape index (κ2) is 8.51. The number of aromatic nitrogens is 1. The summed E-state index contributed by atoms with van der Waals surface area (Å²) >= 11 is 0. The molecule has 8 aromatic rings. The number of benzene rings is 6. The van der Waals surface area contributed by atoms with Gasteiger partial charge in [-0.1, -0.05) is 121 Å². The average molecular weight is 522 g/mol. The van der Waals surface area contributed by atoms with Gasteiger partial charge in [-0.15, -0.1) is 0 Å². The van der Waals surface area contributed by atoms with Crippen molar-refractivity contribution in [3.05, 3.63) is 140 Å². The van der Waals surface area contributed by atoms with E-state index in [2.05, 4.69) is 127 Å². The Labute approximate surface area is 237 Å². The van der Waals surface area contributed by atoms with Crippen molar-refractivity contribution in [3.63, 3.8) is 0 Å². The van der Waals surface area contributed by atoms with Crippen LogP contribution in [0.1, 0.15) is 0 Å². The molecular formula is C39H23NO. The van der Waals surface area contributed by atoms with Crippen molar-refractivity contribution >= 4 is 32.7 Å². The Morgan fingerprint density at radius 3 is 1.83 bits per heavy atom. The summed E-state index contributed by atoms with van der Waals surface area (Å²) in [4.78, 5) is 5.55. The van der Waals surface area contributed by atoms with Crippen LogP contribution in [-0.4, -0.2) is 4.98 Å². The molecular weight excluding hydrogens is 498 g/mol. The predicted octanol–water partition coefficient (Wildman–Crippen LogP) is 10.8. The molecule has 0 amide bonds. The zero-order valence-electron chi connectivity index (χ0n) is 22.1. The van der Waals surface area contributed by atoms with Crippen molar-refractivity contribution in [2.24, 2.45) is 0 Å². The van der Waals surface area contributed by atoms with Crippen LogP contribution < -0.4 is 0 Å². The maximum absolute atomic E-state index is 6.34. The molecule has 2 nitrogen and oxygen atoms in total. The maximum Gasteiger partial charge on any atom is 0.136 e. The third-order valence-electron chi connectivity index (χ3n) is 8.40. The minimum absolute atomic E-state index is 0.872. The molecule has 0 fully saturated rings. The second-order valence-electron chi connectivity index (χ2n) is 10.7. The van der Waals surface area contributed by atoms with E-state index < -0.39 is 0 Å². The first-order valence-corrected chi connectivity index (χ1v) is 14.0. The van der Waals surface area contributed by atoms with Gasteiger partial charge in [0.2, 0.25) is 0 Å². The van der Waals surface area contributed by atoms with E-state index in [-0.39, 0.29) is 0 Å². The van der Waals surface area contributed by atoms with Crippen molar-refractivity contribution in [3.8, 4) is 55.9 Å². The summed E-state index contributed by atoms with van der Waals surface area (Å²) in [5, 5.41) is 4.80. The van der Waals surface area contributed by atoms with Crippen LogP contribution in [0.2, 0.25) is 0 Å². The number of hydrogen-bond donors (Lipinski definition) is 0. The second-order valence-corrected chi connectivity index (χ2v) is 10.7. The van der Waals surface area contributed by atoms with Gasteiger partial charge in [-0.05, 0) is 45.7 Å². The lowest BCUT2D eigenvalue weighted by Crippen LogP contribution is -1.98. The first-order valence-electron chi connectivity index (χ1n) is 14.0. The average Bonchev–Trinajstić information content (AvgIpc) is 3.58. The lowest BCUT2D eigenvalue weighted by Gasteiger charge is -2.19. The van der Waals surface area contributed by atoms with Crippen molar-refractivity contribution in [2.45, 2.75) is 0 Å². The Morgan fingerprint density at radius 1 is 0.415 bits per heavy atom. The first-order chi connectivity index (χ1) is 20.3. The van der Waals surface area contributed by atoms with E-state index in [1.54, 1.807) is 0 Å². The predicted molar refractivity (Wildman–Crippen MR) is 170 cm³/mol. The minimum Gasteiger partial charge on any atom is -0.456 e. The van der Waals surface area contributed by atoms with E-state index >= 15 is 0 Å². The summed E-state index contributed by atoms with van der Waals surface area (Å²) < 4.78 is 6.34. The third kappa shape index (κ3) is 3.22. The molecule has 6 aromatic carbocycles. The van der Waals surface area contributed by atoms with Crippen LogP contribution in [0.3, 0.4) is 0 Å². The van der Waals surface area contributed by atoms with Gasteiger partial charge in [-0.3, -0.25) is 0 Å². The number of pyridine rings is 1. The van der Waals surface area contributed by atoms with Crippen LogP contribution in [0.4, 0.5) is 0 Å². The van der Waals surface area contributed by atoms with Crippen molar-refractivity contribution in [1.82, 2.24) is 4.98 Å². The van der Waals surface area contributed by atoms with Crippen LogP contribution in [0.25, 0.3) is 88.6 Å². The number of para-hydroxylation sites is 1. The highest BCUT2D eigenvalue weighted by atomic mass is 16.3. The van der Waals surface area contributed by atoms with Crippen LogP contribution in [-0.2, 0) is 0 Å². The van der Waals surface area contributed by atoms with E-state index in [1.807, 2.05) is 12.1 Å². The molecule has 0 saturated heterocycles. The SMILES string of the molecule is c1ccc(-c2nc(-c3ccc4c(c3)oc3ccccc34)c(-c3ccccc3)c3c2-c2cccc4cccc-3c24)cc1. The zero-order chi connectivity index (χ0) is 26.9. The van der Waals surface area contributed by atoms with E-state index in [9.17, 15) is 0 Å².